The van der Waals surface area contributed by atoms with Crippen molar-refractivity contribution in [2.24, 2.45) is 0 Å². The summed E-state index contributed by atoms with van der Waals surface area (Å²) in [6.07, 6.45) is 1.73. The van der Waals surface area contributed by atoms with Crippen LogP contribution in [-0.4, -0.2) is 22.3 Å². The van der Waals surface area contributed by atoms with Crippen molar-refractivity contribution in [3.8, 4) is 28.3 Å². The molecule has 0 radical (unpaired) electrons. The number of nitrogens with two attached hydrogens (primary N) is 1. The summed E-state index contributed by atoms with van der Waals surface area (Å²) < 4.78 is 5.25. The van der Waals surface area contributed by atoms with E-state index in [9.17, 15) is 0 Å². The van der Waals surface area contributed by atoms with Gasteiger partial charge < -0.3 is 10.5 Å². The van der Waals surface area contributed by atoms with E-state index < -0.39 is 0 Å². The van der Waals surface area contributed by atoms with Crippen LogP contribution in [-0.2, 0) is 0 Å². The zero-order chi connectivity index (χ0) is 13.9. The van der Waals surface area contributed by atoms with Gasteiger partial charge in [0, 0.05) is 11.8 Å². The number of nitrogens with one attached hydrogen (secondary N) is 1. The second kappa shape index (κ2) is 5.05. The Morgan fingerprint density at radius 2 is 2.05 bits per heavy atom. The molecule has 100 valence electrons. The highest BCUT2D eigenvalue weighted by atomic mass is 16.5. The summed E-state index contributed by atoms with van der Waals surface area (Å²) in [5, 5.41) is 7.07. The van der Waals surface area contributed by atoms with Crippen LogP contribution in [0.2, 0.25) is 0 Å². The number of methoxy groups -OCH3 is 1. The predicted molar refractivity (Wildman–Crippen MR) is 78.2 cm³/mol. The monoisotopic (exact) mass is 266 g/mol. The predicted octanol–water partition coefficient (Wildman–Crippen LogP) is 2.73. The molecule has 0 unspecified atom stereocenters. The standard InChI is InChI=1S/C15H14N4O/c1-20-11-6-4-5-10(9-11)14-13(15(16)19-18-14)12-7-2-3-8-17-12/h2-9H,1H3,(H3,16,18,19). The maximum atomic E-state index is 5.97. The second-order valence-corrected chi connectivity index (χ2v) is 4.31. The molecule has 0 saturated carbocycles. The molecule has 3 rings (SSSR count). The molecule has 3 aromatic rings. The molecule has 0 fully saturated rings. The fraction of sp³-hybridized carbons (Fsp3) is 0.0667. The summed E-state index contributed by atoms with van der Waals surface area (Å²) in [5.41, 5.74) is 9.35. The van der Waals surface area contributed by atoms with E-state index in [4.69, 9.17) is 10.5 Å². The number of nitrogens with zero attached hydrogens (tertiary/aromatic N) is 2. The van der Waals surface area contributed by atoms with Crippen molar-refractivity contribution in [2.45, 2.75) is 0 Å². The van der Waals surface area contributed by atoms with E-state index in [1.165, 1.54) is 0 Å². The lowest BCUT2D eigenvalue weighted by atomic mass is 10.0. The van der Waals surface area contributed by atoms with Crippen LogP contribution in [0.1, 0.15) is 0 Å². The first-order valence-corrected chi connectivity index (χ1v) is 6.19. The molecule has 5 heteroatoms. The first-order valence-electron chi connectivity index (χ1n) is 6.19. The van der Waals surface area contributed by atoms with Gasteiger partial charge in [0.2, 0.25) is 0 Å². The van der Waals surface area contributed by atoms with Crippen LogP contribution in [0.3, 0.4) is 0 Å². The van der Waals surface area contributed by atoms with Gasteiger partial charge in [0.15, 0.2) is 5.82 Å². The number of rotatable bonds is 3. The zero-order valence-electron chi connectivity index (χ0n) is 11.0. The van der Waals surface area contributed by atoms with Crippen molar-refractivity contribution in [1.82, 2.24) is 15.2 Å². The summed E-state index contributed by atoms with van der Waals surface area (Å²) in [6.45, 7) is 0. The minimum Gasteiger partial charge on any atom is -0.497 e. The van der Waals surface area contributed by atoms with Crippen molar-refractivity contribution < 1.29 is 4.74 Å². The summed E-state index contributed by atoms with van der Waals surface area (Å²) in [5.74, 6) is 1.21. The third-order valence-corrected chi connectivity index (χ3v) is 3.07. The van der Waals surface area contributed by atoms with Gasteiger partial charge in [-0.3, -0.25) is 10.1 Å². The molecule has 5 nitrogen and oxygen atoms in total. The van der Waals surface area contributed by atoms with E-state index in [0.717, 1.165) is 28.3 Å². The minimum atomic E-state index is 0.432. The number of aromatic nitrogens is 3. The van der Waals surface area contributed by atoms with Gasteiger partial charge in [-0.1, -0.05) is 18.2 Å². The average molecular weight is 266 g/mol. The van der Waals surface area contributed by atoms with Crippen molar-refractivity contribution >= 4 is 5.82 Å². The van der Waals surface area contributed by atoms with Crippen molar-refractivity contribution in [1.29, 1.82) is 0 Å². The molecular weight excluding hydrogens is 252 g/mol. The van der Waals surface area contributed by atoms with Crippen LogP contribution in [0.5, 0.6) is 5.75 Å². The second-order valence-electron chi connectivity index (χ2n) is 4.31. The lowest BCUT2D eigenvalue weighted by molar-refractivity contribution is 0.415. The Balaban J connectivity index is 2.16. The fourth-order valence-corrected chi connectivity index (χ4v) is 2.11. The molecule has 3 N–H and O–H groups in total. The average Bonchev–Trinajstić information content (AvgIpc) is 2.90. The molecule has 0 aliphatic carbocycles. The topological polar surface area (TPSA) is 76.8 Å². The van der Waals surface area contributed by atoms with Crippen LogP contribution in [0.15, 0.2) is 48.7 Å². The molecule has 0 saturated heterocycles. The largest absolute Gasteiger partial charge is 0.497 e. The quantitative estimate of drug-likeness (QED) is 0.764. The zero-order valence-corrected chi connectivity index (χ0v) is 11.0. The number of ether oxygens (including phenoxy) is 1. The molecule has 0 amide bonds. The highest BCUT2D eigenvalue weighted by molar-refractivity contribution is 5.86. The molecule has 0 aliphatic heterocycles. The Morgan fingerprint density at radius 3 is 2.80 bits per heavy atom. The van der Waals surface area contributed by atoms with E-state index in [1.807, 2.05) is 42.5 Å². The lowest BCUT2D eigenvalue weighted by Gasteiger charge is -2.05. The molecule has 1 aromatic carbocycles. The molecular formula is C15H14N4O. The first-order chi connectivity index (χ1) is 9.79. The van der Waals surface area contributed by atoms with Gasteiger partial charge in [-0.15, -0.1) is 0 Å². The number of hydrogen-bond acceptors (Lipinski definition) is 4. The van der Waals surface area contributed by atoms with Crippen LogP contribution in [0.4, 0.5) is 5.82 Å². The number of hydrogen-bond donors (Lipinski definition) is 2. The number of pyridine rings is 1. The number of aromatic amines is 1. The van der Waals surface area contributed by atoms with Gasteiger partial charge in [0.1, 0.15) is 5.75 Å². The van der Waals surface area contributed by atoms with Gasteiger partial charge in [-0.05, 0) is 24.3 Å². The van der Waals surface area contributed by atoms with Gasteiger partial charge in [-0.25, -0.2) is 0 Å². The third-order valence-electron chi connectivity index (χ3n) is 3.07. The molecule has 0 bridgehead atoms. The van der Waals surface area contributed by atoms with Gasteiger partial charge >= 0.3 is 0 Å². The van der Waals surface area contributed by atoms with Gasteiger partial charge in [-0.2, -0.15) is 5.10 Å². The number of nitrogen functional groups attached to an aromatic ring is 1. The number of anilines is 1. The first kappa shape index (κ1) is 12.2. The maximum Gasteiger partial charge on any atom is 0.155 e. The Morgan fingerprint density at radius 1 is 1.15 bits per heavy atom. The highest BCUT2D eigenvalue weighted by Crippen LogP contribution is 2.34. The Hall–Kier alpha value is -2.82. The number of H-pyrrole nitrogens is 1. The number of benzene rings is 1. The van der Waals surface area contributed by atoms with Crippen LogP contribution in [0.25, 0.3) is 22.5 Å². The summed E-state index contributed by atoms with van der Waals surface area (Å²) >= 11 is 0. The van der Waals surface area contributed by atoms with E-state index in [2.05, 4.69) is 15.2 Å². The van der Waals surface area contributed by atoms with E-state index >= 15 is 0 Å². The SMILES string of the molecule is COc1cccc(-c2[nH]nc(N)c2-c2ccccn2)c1. The molecule has 20 heavy (non-hydrogen) atoms. The molecule has 0 spiro atoms. The molecule has 2 aromatic heterocycles. The molecule has 0 atom stereocenters. The molecule has 0 aliphatic rings. The minimum absolute atomic E-state index is 0.432. The van der Waals surface area contributed by atoms with Crippen LogP contribution in [0, 0.1) is 0 Å². The van der Waals surface area contributed by atoms with E-state index in [0.29, 0.717) is 5.82 Å². The van der Waals surface area contributed by atoms with E-state index in [-0.39, 0.29) is 0 Å². The van der Waals surface area contributed by atoms with Crippen molar-refractivity contribution in [2.75, 3.05) is 12.8 Å². The smallest absolute Gasteiger partial charge is 0.155 e. The normalized spacial score (nSPS) is 10.4. The summed E-state index contributed by atoms with van der Waals surface area (Å²) in [4.78, 5) is 4.34. The molecule has 2 heterocycles. The maximum absolute atomic E-state index is 5.97. The Labute approximate surface area is 116 Å². The van der Waals surface area contributed by atoms with Gasteiger partial charge in [0.05, 0.1) is 24.1 Å². The van der Waals surface area contributed by atoms with Crippen LogP contribution < -0.4 is 10.5 Å². The summed E-state index contributed by atoms with van der Waals surface area (Å²) in [6, 6.07) is 13.4. The van der Waals surface area contributed by atoms with Gasteiger partial charge in [0.25, 0.3) is 0 Å². The Kier molecular flexibility index (Phi) is 3.09. The van der Waals surface area contributed by atoms with Crippen LogP contribution >= 0.6 is 0 Å². The van der Waals surface area contributed by atoms with E-state index in [1.54, 1.807) is 13.3 Å². The fourth-order valence-electron chi connectivity index (χ4n) is 2.11. The van der Waals surface area contributed by atoms with Crippen molar-refractivity contribution in [3.63, 3.8) is 0 Å². The summed E-state index contributed by atoms with van der Waals surface area (Å²) in [7, 11) is 1.64. The Bertz CT molecular complexity index is 722. The lowest BCUT2D eigenvalue weighted by Crippen LogP contribution is -1.91. The highest BCUT2D eigenvalue weighted by Gasteiger charge is 2.15. The van der Waals surface area contributed by atoms with Crippen molar-refractivity contribution in [3.05, 3.63) is 48.7 Å². The third kappa shape index (κ3) is 2.09.